The maximum absolute atomic E-state index is 12.1. The fraction of sp³-hybridized carbons (Fsp3) is 0.500. The zero-order valence-corrected chi connectivity index (χ0v) is 10.4. The van der Waals surface area contributed by atoms with Gasteiger partial charge in [-0.25, -0.2) is 8.78 Å². The van der Waals surface area contributed by atoms with E-state index in [0.717, 1.165) is 12.1 Å². The zero-order valence-electron chi connectivity index (χ0n) is 10.4. The molecule has 0 aliphatic rings. The lowest BCUT2D eigenvalue weighted by atomic mass is 10.1. The van der Waals surface area contributed by atoms with Gasteiger partial charge in [-0.15, -0.1) is 13.2 Å². The molecule has 114 valence electrons. The number of hydrogen-bond acceptors (Lipinski definition) is 3. The van der Waals surface area contributed by atoms with Gasteiger partial charge in [0.15, 0.2) is 0 Å². The summed E-state index contributed by atoms with van der Waals surface area (Å²) in [6.45, 7) is -0.695. The molecule has 0 amide bonds. The third-order valence-electron chi connectivity index (χ3n) is 2.34. The molecule has 0 heterocycles. The Labute approximate surface area is 112 Å². The van der Waals surface area contributed by atoms with Crippen LogP contribution in [0.3, 0.4) is 0 Å². The monoisotopic (exact) mass is 299 g/mol. The predicted octanol–water partition coefficient (Wildman–Crippen LogP) is 3.26. The Morgan fingerprint density at radius 2 is 1.90 bits per heavy atom. The molecule has 0 aliphatic heterocycles. The van der Waals surface area contributed by atoms with Crippen molar-refractivity contribution < 1.29 is 31.4 Å². The number of nitrogens with two attached hydrogens (primary N) is 1. The molecule has 0 aliphatic carbocycles. The van der Waals surface area contributed by atoms with Gasteiger partial charge in [-0.05, 0) is 24.1 Å². The SMILES string of the molecule is NC(CCOCC(F)F)c1cccc(OC(F)(F)F)c1. The molecule has 0 spiro atoms. The summed E-state index contributed by atoms with van der Waals surface area (Å²) in [4.78, 5) is 0. The van der Waals surface area contributed by atoms with Crippen molar-refractivity contribution in [1.82, 2.24) is 0 Å². The molecule has 1 unspecified atom stereocenters. The van der Waals surface area contributed by atoms with Crippen LogP contribution in [0.15, 0.2) is 24.3 Å². The molecule has 0 radical (unpaired) electrons. The van der Waals surface area contributed by atoms with Crippen LogP contribution in [0.5, 0.6) is 5.75 Å². The second kappa shape index (κ2) is 7.39. The summed E-state index contributed by atoms with van der Waals surface area (Å²) in [5.41, 5.74) is 6.15. The Kier molecular flexibility index (Phi) is 6.15. The van der Waals surface area contributed by atoms with Crippen molar-refractivity contribution in [3.63, 3.8) is 0 Å². The van der Waals surface area contributed by atoms with E-state index in [-0.39, 0.29) is 18.8 Å². The molecule has 0 aromatic heterocycles. The maximum atomic E-state index is 12.1. The maximum Gasteiger partial charge on any atom is 0.573 e. The number of hydrogen-bond donors (Lipinski definition) is 1. The summed E-state index contributed by atoms with van der Waals surface area (Å²) in [5, 5.41) is 0. The zero-order chi connectivity index (χ0) is 15.2. The number of rotatable bonds is 7. The average molecular weight is 299 g/mol. The summed E-state index contributed by atoms with van der Waals surface area (Å²) in [5.74, 6) is -0.376. The minimum atomic E-state index is -4.77. The first kappa shape index (κ1) is 16.6. The normalized spacial score (nSPS) is 13.6. The lowest BCUT2D eigenvalue weighted by Crippen LogP contribution is -2.18. The molecule has 1 aromatic rings. The largest absolute Gasteiger partial charge is 0.573 e. The quantitative estimate of drug-likeness (QED) is 0.621. The van der Waals surface area contributed by atoms with Gasteiger partial charge in [0.1, 0.15) is 12.4 Å². The highest BCUT2D eigenvalue weighted by Crippen LogP contribution is 2.25. The van der Waals surface area contributed by atoms with E-state index in [2.05, 4.69) is 9.47 Å². The Bertz CT molecular complexity index is 411. The summed E-state index contributed by atoms with van der Waals surface area (Å²) in [6, 6.07) is 4.59. The first-order chi connectivity index (χ1) is 9.28. The van der Waals surface area contributed by atoms with E-state index in [1.54, 1.807) is 0 Å². The van der Waals surface area contributed by atoms with E-state index in [1.165, 1.54) is 12.1 Å². The fourth-order valence-corrected chi connectivity index (χ4v) is 1.49. The molecular formula is C12H14F5NO2. The van der Waals surface area contributed by atoms with Crippen molar-refractivity contribution in [2.24, 2.45) is 5.73 Å². The molecule has 1 aromatic carbocycles. The summed E-state index contributed by atoms with van der Waals surface area (Å²) < 4.78 is 68.2. The van der Waals surface area contributed by atoms with E-state index in [0.29, 0.717) is 5.56 Å². The minimum Gasteiger partial charge on any atom is -0.406 e. The van der Waals surface area contributed by atoms with Gasteiger partial charge in [-0.3, -0.25) is 0 Å². The van der Waals surface area contributed by atoms with E-state index >= 15 is 0 Å². The molecule has 0 saturated carbocycles. The molecule has 1 atom stereocenters. The van der Waals surface area contributed by atoms with Gasteiger partial charge in [0.2, 0.25) is 0 Å². The van der Waals surface area contributed by atoms with Crippen LogP contribution in [0.2, 0.25) is 0 Å². The van der Waals surface area contributed by atoms with Crippen LogP contribution < -0.4 is 10.5 Å². The molecular weight excluding hydrogens is 285 g/mol. The standard InChI is InChI=1S/C12H14F5NO2/c13-11(14)7-19-5-4-10(18)8-2-1-3-9(6-8)20-12(15,16)17/h1-3,6,10-11H,4-5,7,18H2. The second-order valence-electron chi connectivity index (χ2n) is 3.98. The van der Waals surface area contributed by atoms with Crippen molar-refractivity contribution >= 4 is 0 Å². The van der Waals surface area contributed by atoms with Crippen LogP contribution in [0, 0.1) is 0 Å². The fourth-order valence-electron chi connectivity index (χ4n) is 1.49. The van der Waals surface area contributed by atoms with E-state index < -0.39 is 25.4 Å². The van der Waals surface area contributed by atoms with Gasteiger partial charge in [-0.2, -0.15) is 0 Å². The molecule has 0 bridgehead atoms. The molecule has 0 fully saturated rings. The number of halogens is 5. The molecule has 1 rings (SSSR count). The van der Waals surface area contributed by atoms with Crippen molar-refractivity contribution in [2.75, 3.05) is 13.2 Å². The van der Waals surface area contributed by atoms with Gasteiger partial charge in [-0.1, -0.05) is 12.1 Å². The first-order valence-electron chi connectivity index (χ1n) is 5.75. The van der Waals surface area contributed by atoms with Gasteiger partial charge < -0.3 is 15.2 Å². The highest BCUT2D eigenvalue weighted by atomic mass is 19.4. The Morgan fingerprint density at radius 1 is 1.20 bits per heavy atom. The van der Waals surface area contributed by atoms with Crippen LogP contribution in [0.1, 0.15) is 18.0 Å². The summed E-state index contributed by atoms with van der Waals surface area (Å²) in [6.07, 6.45) is -7.12. The third kappa shape index (κ3) is 6.67. The topological polar surface area (TPSA) is 44.5 Å². The first-order valence-corrected chi connectivity index (χ1v) is 5.75. The Morgan fingerprint density at radius 3 is 2.50 bits per heavy atom. The second-order valence-corrected chi connectivity index (χ2v) is 3.98. The average Bonchev–Trinajstić information content (AvgIpc) is 2.32. The van der Waals surface area contributed by atoms with Crippen LogP contribution in [0.4, 0.5) is 22.0 Å². The summed E-state index contributed by atoms with van der Waals surface area (Å²) >= 11 is 0. The van der Waals surface area contributed by atoms with Crippen LogP contribution in [0.25, 0.3) is 0 Å². The highest BCUT2D eigenvalue weighted by Gasteiger charge is 2.31. The Hall–Kier alpha value is -1.41. The molecule has 2 N–H and O–H groups in total. The number of benzene rings is 1. The number of ether oxygens (including phenoxy) is 2. The van der Waals surface area contributed by atoms with Crippen LogP contribution in [-0.2, 0) is 4.74 Å². The van der Waals surface area contributed by atoms with Gasteiger partial charge in [0.25, 0.3) is 6.43 Å². The number of alkyl halides is 5. The minimum absolute atomic E-state index is 0.00410. The van der Waals surface area contributed by atoms with Gasteiger partial charge in [0, 0.05) is 12.6 Å². The van der Waals surface area contributed by atoms with Crippen molar-refractivity contribution in [2.45, 2.75) is 25.3 Å². The van der Waals surface area contributed by atoms with Gasteiger partial charge >= 0.3 is 6.36 Å². The van der Waals surface area contributed by atoms with E-state index in [1.807, 2.05) is 0 Å². The van der Waals surface area contributed by atoms with Crippen molar-refractivity contribution in [1.29, 1.82) is 0 Å². The smallest absolute Gasteiger partial charge is 0.406 e. The van der Waals surface area contributed by atoms with E-state index in [4.69, 9.17) is 5.73 Å². The highest BCUT2D eigenvalue weighted by molar-refractivity contribution is 5.30. The molecule has 20 heavy (non-hydrogen) atoms. The van der Waals surface area contributed by atoms with Crippen molar-refractivity contribution in [3.05, 3.63) is 29.8 Å². The summed E-state index contributed by atoms with van der Waals surface area (Å²) in [7, 11) is 0. The van der Waals surface area contributed by atoms with Gasteiger partial charge in [0.05, 0.1) is 0 Å². The molecule has 8 heteroatoms. The molecule has 0 saturated heterocycles. The lowest BCUT2D eigenvalue weighted by molar-refractivity contribution is -0.274. The predicted molar refractivity (Wildman–Crippen MR) is 61.5 cm³/mol. The lowest BCUT2D eigenvalue weighted by Gasteiger charge is -2.14. The van der Waals surface area contributed by atoms with Crippen LogP contribution >= 0.6 is 0 Å². The molecule has 3 nitrogen and oxygen atoms in total. The van der Waals surface area contributed by atoms with Crippen molar-refractivity contribution in [3.8, 4) is 5.75 Å². The van der Waals surface area contributed by atoms with Crippen LogP contribution in [-0.4, -0.2) is 26.0 Å². The third-order valence-corrected chi connectivity index (χ3v) is 2.34. The van der Waals surface area contributed by atoms with E-state index in [9.17, 15) is 22.0 Å². The Balaban J connectivity index is 2.51.